The summed E-state index contributed by atoms with van der Waals surface area (Å²) in [5, 5.41) is 4.07. The molecule has 0 aliphatic carbocycles. The van der Waals surface area contributed by atoms with E-state index in [1.54, 1.807) is 10.9 Å². The number of hydrogen-bond acceptors (Lipinski definition) is 2. The van der Waals surface area contributed by atoms with Crippen molar-refractivity contribution in [3.8, 4) is 0 Å². The van der Waals surface area contributed by atoms with Gasteiger partial charge in [0.2, 0.25) is 0 Å². The van der Waals surface area contributed by atoms with Crippen molar-refractivity contribution in [2.45, 2.75) is 19.4 Å². The normalized spacial score (nSPS) is 13.5. The maximum atomic E-state index is 5.85. The predicted octanol–water partition coefficient (Wildman–Crippen LogP) is 1.59. The van der Waals surface area contributed by atoms with Gasteiger partial charge in [-0.3, -0.25) is 4.68 Å². The van der Waals surface area contributed by atoms with Crippen molar-refractivity contribution in [1.29, 1.82) is 0 Å². The molecule has 0 aliphatic heterocycles. The third kappa shape index (κ3) is 1.62. The van der Waals surface area contributed by atoms with Crippen LogP contribution in [-0.4, -0.2) is 9.78 Å². The van der Waals surface area contributed by atoms with Crippen molar-refractivity contribution in [3.63, 3.8) is 0 Å². The van der Waals surface area contributed by atoms with E-state index in [0.29, 0.717) is 0 Å². The van der Waals surface area contributed by atoms with E-state index in [0.717, 1.165) is 16.6 Å². The Morgan fingerprint density at radius 1 is 1.82 bits per heavy atom. The van der Waals surface area contributed by atoms with Crippen LogP contribution in [0.1, 0.15) is 25.1 Å². The Labute approximate surface area is 74.7 Å². The minimum atomic E-state index is 0.0804. The number of aromatic nitrogens is 2. The van der Waals surface area contributed by atoms with Crippen LogP contribution in [0.5, 0.6) is 0 Å². The molecule has 0 bridgehead atoms. The molecular weight excluding hydrogens is 206 g/mol. The molecule has 1 rings (SSSR count). The van der Waals surface area contributed by atoms with Crippen molar-refractivity contribution in [1.82, 2.24) is 9.78 Å². The van der Waals surface area contributed by atoms with E-state index in [9.17, 15) is 0 Å². The molecule has 11 heavy (non-hydrogen) atoms. The molecule has 0 amide bonds. The van der Waals surface area contributed by atoms with Crippen LogP contribution in [0.3, 0.4) is 0 Å². The van der Waals surface area contributed by atoms with Gasteiger partial charge in [-0.25, -0.2) is 0 Å². The van der Waals surface area contributed by atoms with E-state index in [1.807, 2.05) is 7.05 Å². The lowest BCUT2D eigenvalue weighted by atomic mass is 10.2. The molecule has 4 heteroatoms. The highest BCUT2D eigenvalue weighted by Crippen LogP contribution is 2.22. The van der Waals surface area contributed by atoms with Gasteiger partial charge in [0.25, 0.3) is 0 Å². The molecule has 0 saturated carbocycles. The zero-order valence-electron chi connectivity index (χ0n) is 6.71. The summed E-state index contributed by atoms with van der Waals surface area (Å²) >= 11 is 3.40. The third-order valence-corrected chi connectivity index (χ3v) is 2.34. The monoisotopic (exact) mass is 217 g/mol. The molecule has 1 atom stereocenters. The highest BCUT2D eigenvalue weighted by molar-refractivity contribution is 9.10. The number of nitrogens with zero attached hydrogens (tertiary/aromatic N) is 2. The van der Waals surface area contributed by atoms with Gasteiger partial charge in [0.1, 0.15) is 0 Å². The van der Waals surface area contributed by atoms with Crippen molar-refractivity contribution in [3.05, 3.63) is 16.4 Å². The molecule has 0 spiro atoms. The average molecular weight is 218 g/mol. The lowest BCUT2D eigenvalue weighted by Crippen LogP contribution is -2.13. The molecule has 1 aromatic heterocycles. The van der Waals surface area contributed by atoms with Crippen LogP contribution in [-0.2, 0) is 7.05 Å². The first-order chi connectivity index (χ1) is 5.16. The van der Waals surface area contributed by atoms with Crippen molar-refractivity contribution in [2.24, 2.45) is 12.8 Å². The van der Waals surface area contributed by atoms with Crippen LogP contribution in [0.2, 0.25) is 0 Å². The van der Waals surface area contributed by atoms with Gasteiger partial charge < -0.3 is 5.73 Å². The van der Waals surface area contributed by atoms with Crippen LogP contribution >= 0.6 is 15.9 Å². The summed E-state index contributed by atoms with van der Waals surface area (Å²) < 4.78 is 2.80. The van der Waals surface area contributed by atoms with Gasteiger partial charge in [0.05, 0.1) is 16.4 Å². The molecule has 2 N–H and O–H groups in total. The fourth-order valence-electron chi connectivity index (χ4n) is 1.03. The van der Waals surface area contributed by atoms with Crippen LogP contribution in [0.25, 0.3) is 0 Å². The van der Waals surface area contributed by atoms with Gasteiger partial charge in [0.15, 0.2) is 0 Å². The summed E-state index contributed by atoms with van der Waals surface area (Å²) in [4.78, 5) is 0. The second-order valence-corrected chi connectivity index (χ2v) is 3.37. The van der Waals surface area contributed by atoms with Gasteiger partial charge in [-0.2, -0.15) is 5.10 Å². The van der Waals surface area contributed by atoms with E-state index < -0.39 is 0 Å². The van der Waals surface area contributed by atoms with Gasteiger partial charge in [-0.05, 0) is 22.4 Å². The first-order valence-corrected chi connectivity index (χ1v) is 4.39. The Morgan fingerprint density at radius 3 is 2.82 bits per heavy atom. The van der Waals surface area contributed by atoms with Crippen molar-refractivity contribution >= 4 is 15.9 Å². The Kier molecular flexibility index (Phi) is 2.67. The SMILES string of the molecule is CCC(N)c1c(Br)cnn1C. The minimum absolute atomic E-state index is 0.0804. The predicted molar refractivity (Wildman–Crippen MR) is 48.1 cm³/mol. The summed E-state index contributed by atoms with van der Waals surface area (Å²) in [7, 11) is 1.90. The molecule has 1 unspecified atom stereocenters. The van der Waals surface area contributed by atoms with Crippen molar-refractivity contribution < 1.29 is 0 Å². The molecule has 1 heterocycles. The Bertz CT molecular complexity index is 224. The topological polar surface area (TPSA) is 43.8 Å². The largest absolute Gasteiger partial charge is 0.323 e. The number of rotatable bonds is 2. The van der Waals surface area contributed by atoms with Gasteiger partial charge in [0, 0.05) is 13.1 Å². The fourth-order valence-corrected chi connectivity index (χ4v) is 1.67. The highest BCUT2D eigenvalue weighted by Gasteiger charge is 2.11. The molecule has 0 aliphatic rings. The zero-order valence-corrected chi connectivity index (χ0v) is 8.30. The van der Waals surface area contributed by atoms with Gasteiger partial charge >= 0.3 is 0 Å². The summed E-state index contributed by atoms with van der Waals surface area (Å²) in [6.45, 7) is 2.06. The molecule has 1 aromatic rings. The zero-order chi connectivity index (χ0) is 8.43. The standard InChI is InChI=1S/C7H12BrN3/c1-3-6(9)7-5(8)4-10-11(7)2/h4,6H,3,9H2,1-2H3. The lowest BCUT2D eigenvalue weighted by molar-refractivity contribution is 0.603. The number of halogens is 1. The molecule has 0 radical (unpaired) electrons. The summed E-state index contributed by atoms with van der Waals surface area (Å²) in [5.41, 5.74) is 6.91. The Balaban J connectivity index is 3.00. The first kappa shape index (κ1) is 8.74. The Hall–Kier alpha value is -0.350. The molecule has 0 saturated heterocycles. The quantitative estimate of drug-likeness (QED) is 0.819. The number of nitrogens with two attached hydrogens (primary N) is 1. The molecule has 0 aromatic carbocycles. The first-order valence-electron chi connectivity index (χ1n) is 3.59. The second-order valence-electron chi connectivity index (χ2n) is 2.52. The van der Waals surface area contributed by atoms with Crippen LogP contribution in [0, 0.1) is 0 Å². The van der Waals surface area contributed by atoms with E-state index in [-0.39, 0.29) is 6.04 Å². The van der Waals surface area contributed by atoms with Crippen LogP contribution in [0.15, 0.2) is 10.7 Å². The molecule has 62 valence electrons. The molecular formula is C7H12BrN3. The van der Waals surface area contributed by atoms with Crippen LogP contribution < -0.4 is 5.73 Å². The highest BCUT2D eigenvalue weighted by atomic mass is 79.9. The fraction of sp³-hybridized carbons (Fsp3) is 0.571. The van der Waals surface area contributed by atoms with Crippen LogP contribution in [0.4, 0.5) is 0 Å². The summed E-state index contributed by atoms with van der Waals surface area (Å²) in [5.74, 6) is 0. The maximum Gasteiger partial charge on any atom is 0.0690 e. The molecule has 3 nitrogen and oxygen atoms in total. The number of aryl methyl sites for hydroxylation is 1. The van der Waals surface area contributed by atoms with E-state index in [2.05, 4.69) is 28.0 Å². The molecule has 0 fully saturated rings. The lowest BCUT2D eigenvalue weighted by Gasteiger charge is -2.09. The Morgan fingerprint density at radius 2 is 2.45 bits per heavy atom. The average Bonchev–Trinajstić information content (AvgIpc) is 2.30. The minimum Gasteiger partial charge on any atom is -0.323 e. The smallest absolute Gasteiger partial charge is 0.0690 e. The summed E-state index contributed by atoms with van der Waals surface area (Å²) in [6.07, 6.45) is 2.70. The van der Waals surface area contributed by atoms with Gasteiger partial charge in [-0.1, -0.05) is 6.92 Å². The summed E-state index contributed by atoms with van der Waals surface area (Å²) in [6, 6.07) is 0.0804. The van der Waals surface area contributed by atoms with E-state index >= 15 is 0 Å². The van der Waals surface area contributed by atoms with E-state index in [4.69, 9.17) is 5.73 Å². The van der Waals surface area contributed by atoms with Crippen molar-refractivity contribution in [2.75, 3.05) is 0 Å². The second kappa shape index (κ2) is 3.36. The third-order valence-electron chi connectivity index (χ3n) is 1.73. The van der Waals surface area contributed by atoms with Gasteiger partial charge in [-0.15, -0.1) is 0 Å². The maximum absolute atomic E-state index is 5.85. The number of hydrogen-bond donors (Lipinski definition) is 1. The van der Waals surface area contributed by atoms with E-state index in [1.165, 1.54) is 0 Å².